The van der Waals surface area contributed by atoms with Crippen LogP contribution in [0.5, 0.6) is 5.75 Å². The molecule has 0 saturated carbocycles. The van der Waals surface area contributed by atoms with E-state index in [0.717, 1.165) is 36.3 Å². The highest BCUT2D eigenvalue weighted by atomic mass is 16.5. The molecular weight excluding hydrogens is 364 g/mol. The number of carbonyl (C=O) groups excluding carboxylic acids is 1. The molecule has 0 aliphatic heterocycles. The summed E-state index contributed by atoms with van der Waals surface area (Å²) in [6, 6.07) is 19.2. The number of nitrogens with one attached hydrogen (secondary N) is 2. The maximum absolute atomic E-state index is 12.2. The lowest BCUT2D eigenvalue weighted by molar-refractivity contribution is 0.0948. The summed E-state index contributed by atoms with van der Waals surface area (Å²) in [5, 5.41) is 6.01. The highest BCUT2D eigenvalue weighted by Gasteiger charge is 2.08. The lowest BCUT2D eigenvalue weighted by Crippen LogP contribution is -2.25. The molecule has 3 rings (SSSR count). The van der Waals surface area contributed by atoms with Crippen molar-refractivity contribution >= 4 is 17.5 Å². The minimum absolute atomic E-state index is 0.184. The van der Waals surface area contributed by atoms with E-state index in [1.165, 1.54) is 0 Å². The summed E-state index contributed by atoms with van der Waals surface area (Å²) in [5.41, 5.74) is 2.28. The molecule has 0 bridgehead atoms. The van der Waals surface area contributed by atoms with Crippen molar-refractivity contribution in [1.82, 2.24) is 15.3 Å². The van der Waals surface area contributed by atoms with Crippen molar-refractivity contribution < 1.29 is 9.53 Å². The second-order valence-corrected chi connectivity index (χ2v) is 6.65. The molecule has 1 aromatic heterocycles. The van der Waals surface area contributed by atoms with Crippen molar-refractivity contribution in [2.24, 2.45) is 0 Å². The number of amides is 1. The van der Waals surface area contributed by atoms with E-state index in [0.29, 0.717) is 24.8 Å². The van der Waals surface area contributed by atoms with Gasteiger partial charge in [0.1, 0.15) is 18.1 Å². The van der Waals surface area contributed by atoms with Crippen molar-refractivity contribution in [3.63, 3.8) is 0 Å². The molecule has 6 nitrogen and oxygen atoms in total. The van der Waals surface area contributed by atoms with Crippen LogP contribution in [0.4, 0.5) is 11.6 Å². The predicted octanol–water partition coefficient (Wildman–Crippen LogP) is 4.72. The van der Waals surface area contributed by atoms with E-state index in [2.05, 4.69) is 27.5 Å². The zero-order valence-corrected chi connectivity index (χ0v) is 16.6. The van der Waals surface area contributed by atoms with Crippen molar-refractivity contribution in [3.05, 3.63) is 78.1 Å². The molecule has 0 spiro atoms. The molecule has 2 N–H and O–H groups in total. The summed E-state index contributed by atoms with van der Waals surface area (Å²) in [4.78, 5) is 20.7. The smallest absolute Gasteiger partial charge is 0.270 e. The maximum Gasteiger partial charge on any atom is 0.270 e. The van der Waals surface area contributed by atoms with E-state index in [1.807, 2.05) is 54.6 Å². The van der Waals surface area contributed by atoms with E-state index >= 15 is 0 Å². The molecule has 29 heavy (non-hydrogen) atoms. The van der Waals surface area contributed by atoms with Crippen LogP contribution in [0.25, 0.3) is 0 Å². The summed E-state index contributed by atoms with van der Waals surface area (Å²) in [6.07, 6.45) is 4.76. The van der Waals surface area contributed by atoms with Gasteiger partial charge in [-0.1, -0.05) is 50.1 Å². The van der Waals surface area contributed by atoms with Gasteiger partial charge in [0.05, 0.1) is 0 Å². The second-order valence-electron chi connectivity index (χ2n) is 6.65. The molecule has 3 aromatic rings. The Hall–Kier alpha value is -3.41. The third-order valence-electron chi connectivity index (χ3n) is 4.31. The van der Waals surface area contributed by atoms with Crippen molar-refractivity contribution in [3.8, 4) is 5.75 Å². The molecule has 0 atom stereocenters. The number of aromatic nitrogens is 2. The van der Waals surface area contributed by atoms with Crippen molar-refractivity contribution in [2.45, 2.75) is 32.8 Å². The number of rotatable bonds is 10. The maximum atomic E-state index is 12.2. The average molecular weight is 390 g/mol. The quantitative estimate of drug-likeness (QED) is 0.490. The third kappa shape index (κ3) is 6.60. The van der Waals surface area contributed by atoms with Crippen LogP contribution in [0.15, 0.2) is 66.9 Å². The molecule has 0 aliphatic rings. The van der Waals surface area contributed by atoms with Gasteiger partial charge in [-0.15, -0.1) is 0 Å². The Balaban J connectivity index is 1.53. The lowest BCUT2D eigenvalue weighted by atomic mass is 10.2. The lowest BCUT2D eigenvalue weighted by Gasteiger charge is -2.09. The zero-order chi connectivity index (χ0) is 20.3. The summed E-state index contributed by atoms with van der Waals surface area (Å²) >= 11 is 0. The molecular formula is C23H26N4O2. The molecule has 150 valence electrons. The van der Waals surface area contributed by atoms with Crippen LogP contribution in [0, 0.1) is 0 Å². The number of hydrogen-bond donors (Lipinski definition) is 2. The molecule has 0 radical (unpaired) electrons. The first-order chi connectivity index (χ1) is 14.2. The SMILES string of the molecule is CCCCCNC(=O)c1ccnc(Nc2ccc(OCc3ccccc3)cc2)n1. The summed E-state index contributed by atoms with van der Waals surface area (Å²) in [6.45, 7) is 3.31. The molecule has 1 amide bonds. The average Bonchev–Trinajstić information content (AvgIpc) is 2.77. The van der Waals surface area contributed by atoms with Crippen molar-refractivity contribution in [1.29, 1.82) is 0 Å². The van der Waals surface area contributed by atoms with Gasteiger partial charge in [0.15, 0.2) is 0 Å². The summed E-state index contributed by atoms with van der Waals surface area (Å²) in [5.74, 6) is 0.973. The van der Waals surface area contributed by atoms with E-state index in [-0.39, 0.29) is 5.91 Å². The number of hydrogen-bond acceptors (Lipinski definition) is 5. The van der Waals surface area contributed by atoms with Crippen LogP contribution in [0.3, 0.4) is 0 Å². The number of anilines is 2. The number of unbranched alkanes of at least 4 members (excludes halogenated alkanes) is 2. The molecule has 0 aliphatic carbocycles. The van der Waals surface area contributed by atoms with Gasteiger partial charge in [-0.05, 0) is 42.3 Å². The van der Waals surface area contributed by atoms with E-state index < -0.39 is 0 Å². The van der Waals surface area contributed by atoms with Gasteiger partial charge >= 0.3 is 0 Å². The third-order valence-corrected chi connectivity index (χ3v) is 4.31. The highest BCUT2D eigenvalue weighted by molar-refractivity contribution is 5.92. The van der Waals surface area contributed by atoms with Crippen LogP contribution < -0.4 is 15.4 Å². The van der Waals surface area contributed by atoms with Gasteiger partial charge in [0, 0.05) is 18.4 Å². The Labute approximate surface area is 171 Å². The standard InChI is InChI=1S/C23H26N4O2/c1-2-3-7-15-24-22(28)21-14-16-25-23(27-21)26-19-10-12-20(13-11-19)29-17-18-8-5-4-6-9-18/h4-6,8-14,16H,2-3,7,15,17H2,1H3,(H,24,28)(H,25,26,27). The van der Waals surface area contributed by atoms with E-state index in [1.54, 1.807) is 12.3 Å². The molecule has 0 unspecified atom stereocenters. The van der Waals surface area contributed by atoms with Crippen LogP contribution in [0.2, 0.25) is 0 Å². The van der Waals surface area contributed by atoms with Gasteiger partial charge < -0.3 is 15.4 Å². The first kappa shape index (κ1) is 20.3. The summed E-state index contributed by atoms with van der Waals surface area (Å²) < 4.78 is 5.79. The van der Waals surface area contributed by atoms with Gasteiger partial charge in [-0.2, -0.15) is 0 Å². The highest BCUT2D eigenvalue weighted by Crippen LogP contribution is 2.19. The number of ether oxygens (including phenoxy) is 1. The number of benzene rings is 2. The normalized spacial score (nSPS) is 10.4. The molecule has 2 aromatic carbocycles. The Kier molecular flexibility index (Phi) is 7.57. The first-order valence-corrected chi connectivity index (χ1v) is 9.89. The zero-order valence-electron chi connectivity index (χ0n) is 16.6. The molecule has 6 heteroatoms. The molecule has 0 fully saturated rings. The minimum atomic E-state index is -0.184. The Morgan fingerprint density at radius 1 is 1.00 bits per heavy atom. The Morgan fingerprint density at radius 3 is 2.55 bits per heavy atom. The minimum Gasteiger partial charge on any atom is -0.489 e. The van der Waals surface area contributed by atoms with Crippen molar-refractivity contribution in [2.75, 3.05) is 11.9 Å². The second kappa shape index (κ2) is 10.8. The van der Waals surface area contributed by atoms with E-state index in [9.17, 15) is 4.79 Å². The van der Waals surface area contributed by atoms with Gasteiger partial charge in [0.2, 0.25) is 5.95 Å². The Morgan fingerprint density at radius 2 is 1.79 bits per heavy atom. The number of carbonyl (C=O) groups is 1. The van der Waals surface area contributed by atoms with Crippen LogP contribution in [-0.2, 0) is 6.61 Å². The fraction of sp³-hybridized carbons (Fsp3) is 0.261. The van der Waals surface area contributed by atoms with Gasteiger partial charge in [-0.25, -0.2) is 9.97 Å². The van der Waals surface area contributed by atoms with Crippen LogP contribution in [0.1, 0.15) is 42.2 Å². The van der Waals surface area contributed by atoms with Gasteiger partial charge in [-0.3, -0.25) is 4.79 Å². The predicted molar refractivity (Wildman–Crippen MR) is 114 cm³/mol. The summed E-state index contributed by atoms with van der Waals surface area (Å²) in [7, 11) is 0. The monoisotopic (exact) mass is 390 g/mol. The fourth-order valence-corrected chi connectivity index (χ4v) is 2.72. The van der Waals surface area contributed by atoms with Crippen LogP contribution >= 0.6 is 0 Å². The largest absolute Gasteiger partial charge is 0.489 e. The first-order valence-electron chi connectivity index (χ1n) is 9.89. The molecule has 1 heterocycles. The van der Waals surface area contributed by atoms with Crippen LogP contribution in [-0.4, -0.2) is 22.4 Å². The number of nitrogens with zero attached hydrogens (tertiary/aromatic N) is 2. The topological polar surface area (TPSA) is 76.1 Å². The van der Waals surface area contributed by atoms with E-state index in [4.69, 9.17) is 4.74 Å². The van der Waals surface area contributed by atoms with Gasteiger partial charge in [0.25, 0.3) is 5.91 Å². The Bertz CT molecular complexity index is 898. The fourth-order valence-electron chi connectivity index (χ4n) is 2.72. The molecule has 0 saturated heterocycles.